The number of hydrogen-bond acceptors (Lipinski definition) is 3. The minimum absolute atomic E-state index is 0.200. The van der Waals surface area contributed by atoms with Gasteiger partial charge in [-0.2, -0.15) is 0 Å². The van der Waals surface area contributed by atoms with E-state index in [1.54, 1.807) is 6.07 Å². The minimum atomic E-state index is -0.754. The molecular formula is C16H19Cl2NOS. The van der Waals surface area contributed by atoms with Crippen molar-refractivity contribution in [1.29, 1.82) is 0 Å². The van der Waals surface area contributed by atoms with Crippen LogP contribution < -0.4 is 5.73 Å². The first-order valence-corrected chi connectivity index (χ1v) is 8.44. The fourth-order valence-electron chi connectivity index (χ4n) is 2.35. The second kappa shape index (κ2) is 7.12. The third-order valence-corrected chi connectivity index (χ3v) is 5.19. The Morgan fingerprint density at radius 2 is 1.71 bits per heavy atom. The summed E-state index contributed by atoms with van der Waals surface area (Å²) in [6.07, 6.45) is -0.754. The maximum atomic E-state index is 10.6. The molecule has 2 nitrogen and oxygen atoms in total. The predicted molar refractivity (Wildman–Crippen MR) is 91.6 cm³/mol. The van der Waals surface area contributed by atoms with Crippen LogP contribution in [0.15, 0.2) is 30.3 Å². The lowest BCUT2D eigenvalue weighted by molar-refractivity contribution is 0.148. The number of nitrogens with two attached hydrogens (primary N) is 1. The minimum Gasteiger partial charge on any atom is -0.388 e. The van der Waals surface area contributed by atoms with Gasteiger partial charge in [-0.05, 0) is 23.1 Å². The summed E-state index contributed by atoms with van der Waals surface area (Å²) in [6.45, 7) is 4.64. The molecule has 2 rings (SSSR count). The van der Waals surface area contributed by atoms with Gasteiger partial charge in [-0.15, -0.1) is 11.3 Å². The van der Waals surface area contributed by atoms with Crippen LogP contribution in [0.4, 0.5) is 0 Å². The maximum Gasteiger partial charge on any atom is 0.100 e. The Labute approximate surface area is 139 Å². The highest BCUT2D eigenvalue weighted by atomic mass is 35.5. The van der Waals surface area contributed by atoms with Crippen LogP contribution >= 0.6 is 34.5 Å². The lowest BCUT2D eigenvalue weighted by atomic mass is 9.89. The highest BCUT2D eigenvalue weighted by Crippen LogP contribution is 2.40. The smallest absolute Gasteiger partial charge is 0.100 e. The van der Waals surface area contributed by atoms with Gasteiger partial charge in [0.25, 0.3) is 0 Å². The second-order valence-electron chi connectivity index (χ2n) is 5.39. The van der Waals surface area contributed by atoms with E-state index in [0.717, 1.165) is 5.56 Å². The molecule has 0 aliphatic heterocycles. The normalized spacial score (nSPS) is 14.4. The lowest BCUT2D eigenvalue weighted by Gasteiger charge is -2.22. The Bertz CT molecular complexity index is 595. The lowest BCUT2D eigenvalue weighted by Crippen LogP contribution is -2.20. The van der Waals surface area contributed by atoms with Gasteiger partial charge in [-0.3, -0.25) is 0 Å². The van der Waals surface area contributed by atoms with Gasteiger partial charge in [0.05, 0.1) is 10.4 Å². The highest BCUT2D eigenvalue weighted by molar-refractivity contribution is 7.20. The molecule has 3 N–H and O–H groups in total. The van der Waals surface area contributed by atoms with Crippen LogP contribution in [0.25, 0.3) is 0 Å². The number of benzene rings is 1. The van der Waals surface area contributed by atoms with Crippen molar-refractivity contribution in [2.75, 3.05) is 6.54 Å². The van der Waals surface area contributed by atoms with E-state index in [1.165, 1.54) is 16.9 Å². The maximum absolute atomic E-state index is 10.6. The number of rotatable bonds is 5. The van der Waals surface area contributed by atoms with E-state index >= 15 is 0 Å². The van der Waals surface area contributed by atoms with Gasteiger partial charge in [-0.1, -0.05) is 61.3 Å². The van der Waals surface area contributed by atoms with Crippen molar-refractivity contribution in [3.8, 4) is 0 Å². The second-order valence-corrected chi connectivity index (χ2v) is 7.67. The summed E-state index contributed by atoms with van der Waals surface area (Å²) in [6, 6.07) is 9.93. The number of hydrogen-bond donors (Lipinski definition) is 2. The monoisotopic (exact) mass is 343 g/mol. The predicted octanol–water partition coefficient (Wildman–Crippen LogP) is 4.95. The molecule has 1 aromatic carbocycles. The highest BCUT2D eigenvalue weighted by Gasteiger charge is 2.25. The molecule has 114 valence electrons. The Morgan fingerprint density at radius 1 is 1.14 bits per heavy atom. The summed E-state index contributed by atoms with van der Waals surface area (Å²) in [4.78, 5) is 0. The van der Waals surface area contributed by atoms with Crippen molar-refractivity contribution in [3.05, 3.63) is 55.7 Å². The average Bonchev–Trinajstić information content (AvgIpc) is 2.79. The molecule has 1 heterocycles. The van der Waals surface area contributed by atoms with E-state index in [-0.39, 0.29) is 5.92 Å². The standard InChI is InChI=1S/C16H19Cl2NOS/c1-9(2)10-3-5-11(6-4-10)13(8-19)15(20)12-7-14(17)21-16(12)18/h3-7,9,13,15,20H,8,19H2,1-2H3. The van der Waals surface area contributed by atoms with Crippen LogP contribution in [0.5, 0.6) is 0 Å². The Kier molecular flexibility index (Phi) is 5.69. The van der Waals surface area contributed by atoms with Gasteiger partial charge in [0, 0.05) is 18.0 Å². The van der Waals surface area contributed by atoms with E-state index in [9.17, 15) is 5.11 Å². The van der Waals surface area contributed by atoms with Crippen molar-refractivity contribution >= 4 is 34.5 Å². The van der Waals surface area contributed by atoms with Crippen LogP contribution in [0.1, 0.15) is 48.5 Å². The molecule has 0 fully saturated rings. The molecule has 2 aromatic rings. The summed E-state index contributed by atoms with van der Waals surface area (Å²) in [5.74, 6) is 0.278. The fraction of sp³-hybridized carbons (Fsp3) is 0.375. The van der Waals surface area contributed by atoms with Crippen molar-refractivity contribution in [1.82, 2.24) is 0 Å². The average molecular weight is 344 g/mol. The van der Waals surface area contributed by atoms with Crippen LogP contribution in [-0.4, -0.2) is 11.7 Å². The Morgan fingerprint density at radius 3 is 2.14 bits per heavy atom. The number of aliphatic hydroxyl groups is 1. The molecule has 5 heteroatoms. The summed E-state index contributed by atoms with van der Waals surface area (Å²) >= 11 is 13.3. The first kappa shape index (κ1) is 16.8. The first-order chi connectivity index (χ1) is 9.93. The van der Waals surface area contributed by atoms with Crippen molar-refractivity contribution < 1.29 is 5.11 Å². The number of aliphatic hydroxyl groups excluding tert-OH is 1. The first-order valence-electron chi connectivity index (χ1n) is 6.86. The van der Waals surface area contributed by atoms with Gasteiger partial charge in [0.1, 0.15) is 4.34 Å². The Hall–Kier alpha value is -0.580. The summed E-state index contributed by atoms with van der Waals surface area (Å²) in [5.41, 5.74) is 8.78. The molecular weight excluding hydrogens is 325 g/mol. The SMILES string of the molecule is CC(C)c1ccc(C(CN)C(O)c2cc(Cl)sc2Cl)cc1. The number of thiophene rings is 1. The van der Waals surface area contributed by atoms with Crippen molar-refractivity contribution in [2.24, 2.45) is 5.73 Å². The van der Waals surface area contributed by atoms with Crippen LogP contribution in [-0.2, 0) is 0 Å². The summed E-state index contributed by atoms with van der Waals surface area (Å²) in [5, 5.41) is 10.6. The topological polar surface area (TPSA) is 46.2 Å². The Balaban J connectivity index is 2.28. The van der Waals surface area contributed by atoms with E-state index in [1.807, 2.05) is 12.1 Å². The van der Waals surface area contributed by atoms with E-state index < -0.39 is 6.10 Å². The van der Waals surface area contributed by atoms with Crippen molar-refractivity contribution in [2.45, 2.75) is 31.8 Å². The zero-order valence-electron chi connectivity index (χ0n) is 12.0. The molecule has 0 radical (unpaired) electrons. The van der Waals surface area contributed by atoms with Gasteiger partial charge in [0.2, 0.25) is 0 Å². The third-order valence-electron chi connectivity index (χ3n) is 3.67. The molecule has 0 amide bonds. The van der Waals surface area contributed by atoms with Gasteiger partial charge < -0.3 is 10.8 Å². The van der Waals surface area contributed by atoms with Gasteiger partial charge >= 0.3 is 0 Å². The molecule has 2 atom stereocenters. The molecule has 0 bridgehead atoms. The molecule has 2 unspecified atom stereocenters. The third kappa shape index (κ3) is 3.79. The quantitative estimate of drug-likeness (QED) is 0.806. The molecule has 1 aromatic heterocycles. The zero-order valence-corrected chi connectivity index (χ0v) is 14.3. The fourth-order valence-corrected chi connectivity index (χ4v) is 3.88. The van der Waals surface area contributed by atoms with Crippen LogP contribution in [0.3, 0.4) is 0 Å². The largest absolute Gasteiger partial charge is 0.388 e. The molecule has 0 spiro atoms. The van der Waals surface area contributed by atoms with E-state index in [2.05, 4.69) is 26.0 Å². The van der Waals surface area contributed by atoms with E-state index in [4.69, 9.17) is 28.9 Å². The molecule has 0 aliphatic carbocycles. The summed E-state index contributed by atoms with van der Waals surface area (Å²) < 4.78 is 1.09. The van der Waals surface area contributed by atoms with Crippen LogP contribution in [0.2, 0.25) is 8.67 Å². The molecule has 21 heavy (non-hydrogen) atoms. The van der Waals surface area contributed by atoms with E-state index in [0.29, 0.717) is 26.7 Å². The zero-order chi connectivity index (χ0) is 15.6. The molecule has 0 saturated carbocycles. The van der Waals surface area contributed by atoms with Crippen molar-refractivity contribution in [3.63, 3.8) is 0 Å². The van der Waals surface area contributed by atoms with Gasteiger partial charge in [-0.25, -0.2) is 0 Å². The molecule has 0 aliphatic rings. The molecule has 0 saturated heterocycles. The number of halogens is 2. The van der Waals surface area contributed by atoms with Crippen LogP contribution in [0, 0.1) is 0 Å². The summed E-state index contributed by atoms with van der Waals surface area (Å²) in [7, 11) is 0. The van der Waals surface area contributed by atoms with Gasteiger partial charge in [0.15, 0.2) is 0 Å².